The largest absolute Gasteiger partial charge is 0.464 e. The Bertz CT molecular complexity index is 296. The number of hydrogen-bond donors (Lipinski definition) is 1. The number of esters is 1. The number of thiazole rings is 1. The molecule has 0 unspecified atom stereocenters. The Morgan fingerprint density at radius 2 is 2.42 bits per heavy atom. The van der Waals surface area contributed by atoms with E-state index in [9.17, 15) is 4.79 Å². The fourth-order valence-electron chi connectivity index (χ4n) is 0.825. The van der Waals surface area contributed by atoms with E-state index < -0.39 is 5.97 Å². The molecule has 0 fully saturated rings. The van der Waals surface area contributed by atoms with Crippen molar-refractivity contribution in [3.63, 3.8) is 0 Å². The summed E-state index contributed by atoms with van der Waals surface area (Å²) in [5, 5.41) is 0.757. The summed E-state index contributed by atoms with van der Waals surface area (Å²) in [7, 11) is 1.34. The van der Waals surface area contributed by atoms with E-state index in [1.807, 2.05) is 6.92 Å². The van der Waals surface area contributed by atoms with Crippen LogP contribution in [0.2, 0.25) is 0 Å². The maximum absolute atomic E-state index is 11.0. The third-order valence-corrected chi connectivity index (χ3v) is 2.39. The van der Waals surface area contributed by atoms with Gasteiger partial charge in [-0.05, 0) is 6.92 Å². The van der Waals surface area contributed by atoms with Crippen molar-refractivity contribution in [3.8, 4) is 0 Å². The number of ether oxygens (including phenoxy) is 1. The predicted octanol–water partition coefficient (Wildman–Crippen LogP) is 0.697. The lowest BCUT2D eigenvalue weighted by molar-refractivity contribution is 0.0594. The number of carbonyl (C=O) groups is 1. The summed E-state index contributed by atoms with van der Waals surface area (Å²) >= 11 is 1.42. The Hall–Kier alpha value is -0.940. The zero-order valence-corrected chi connectivity index (χ0v) is 7.77. The SMILES string of the molecule is COC(=O)c1nc(CN)sc1C. The predicted molar refractivity (Wildman–Crippen MR) is 46.1 cm³/mol. The molecule has 0 aliphatic rings. The Balaban J connectivity index is 2.99. The standard InChI is InChI=1S/C7H10N2O2S/c1-4-6(7(10)11-2)9-5(3-8)12-4/h3,8H2,1-2H3. The van der Waals surface area contributed by atoms with Gasteiger partial charge in [0.25, 0.3) is 0 Å². The highest BCUT2D eigenvalue weighted by molar-refractivity contribution is 7.11. The molecule has 0 radical (unpaired) electrons. The Labute approximate surface area is 74.4 Å². The number of hydrogen-bond acceptors (Lipinski definition) is 5. The molecule has 1 rings (SSSR count). The first-order valence-corrected chi connectivity index (χ1v) is 4.25. The first kappa shape index (κ1) is 9.15. The lowest BCUT2D eigenvalue weighted by atomic mass is 10.4. The van der Waals surface area contributed by atoms with Gasteiger partial charge in [0.05, 0.1) is 7.11 Å². The molecule has 1 heterocycles. The molecule has 0 aromatic carbocycles. The lowest BCUT2D eigenvalue weighted by Gasteiger charge is -1.93. The average Bonchev–Trinajstić information content (AvgIpc) is 2.45. The molecule has 66 valence electrons. The summed E-state index contributed by atoms with van der Waals surface area (Å²) in [6.45, 7) is 2.19. The van der Waals surface area contributed by atoms with E-state index >= 15 is 0 Å². The third kappa shape index (κ3) is 1.62. The number of aromatic nitrogens is 1. The zero-order valence-electron chi connectivity index (χ0n) is 6.96. The minimum atomic E-state index is -0.400. The van der Waals surface area contributed by atoms with Crippen LogP contribution < -0.4 is 5.73 Å². The van der Waals surface area contributed by atoms with E-state index in [2.05, 4.69) is 9.72 Å². The molecular formula is C7H10N2O2S. The molecule has 0 spiro atoms. The number of nitrogens with two attached hydrogens (primary N) is 1. The molecule has 0 aliphatic heterocycles. The first-order chi connectivity index (χ1) is 5.69. The van der Waals surface area contributed by atoms with Crippen molar-refractivity contribution in [3.05, 3.63) is 15.6 Å². The Kier molecular flexibility index (Phi) is 2.78. The van der Waals surface area contributed by atoms with Gasteiger partial charge in [-0.1, -0.05) is 0 Å². The van der Waals surface area contributed by atoms with Crippen LogP contribution in [0.3, 0.4) is 0 Å². The van der Waals surface area contributed by atoms with Crippen molar-refractivity contribution in [2.45, 2.75) is 13.5 Å². The molecule has 1 aromatic heterocycles. The summed E-state index contributed by atoms with van der Waals surface area (Å²) in [5.41, 5.74) is 5.75. The van der Waals surface area contributed by atoms with Crippen LogP contribution in [0.4, 0.5) is 0 Å². The molecule has 0 atom stereocenters. The van der Waals surface area contributed by atoms with Crippen LogP contribution in [0.15, 0.2) is 0 Å². The molecule has 12 heavy (non-hydrogen) atoms. The van der Waals surface area contributed by atoms with E-state index in [1.165, 1.54) is 18.4 Å². The van der Waals surface area contributed by atoms with Gasteiger partial charge >= 0.3 is 5.97 Å². The highest BCUT2D eigenvalue weighted by atomic mass is 32.1. The maximum Gasteiger partial charge on any atom is 0.357 e. The fourth-order valence-corrected chi connectivity index (χ4v) is 1.62. The highest BCUT2D eigenvalue weighted by Gasteiger charge is 2.14. The molecular weight excluding hydrogens is 176 g/mol. The molecule has 0 aliphatic carbocycles. The highest BCUT2D eigenvalue weighted by Crippen LogP contribution is 2.17. The first-order valence-electron chi connectivity index (χ1n) is 3.43. The normalized spacial score (nSPS) is 9.92. The fraction of sp³-hybridized carbons (Fsp3) is 0.429. The van der Waals surface area contributed by atoms with Crippen LogP contribution in [0.1, 0.15) is 20.4 Å². The van der Waals surface area contributed by atoms with Gasteiger partial charge in [0.1, 0.15) is 5.01 Å². The molecule has 5 heteroatoms. The van der Waals surface area contributed by atoms with Crippen molar-refractivity contribution in [1.29, 1.82) is 0 Å². The molecule has 0 saturated heterocycles. The minimum Gasteiger partial charge on any atom is -0.464 e. The molecule has 2 N–H and O–H groups in total. The number of nitrogens with zero attached hydrogens (tertiary/aromatic N) is 1. The van der Waals surface area contributed by atoms with Crippen LogP contribution in [0, 0.1) is 6.92 Å². The minimum absolute atomic E-state index is 0.364. The van der Waals surface area contributed by atoms with Gasteiger partial charge in [-0.15, -0.1) is 11.3 Å². The van der Waals surface area contributed by atoms with Crippen molar-refractivity contribution < 1.29 is 9.53 Å². The van der Waals surface area contributed by atoms with E-state index in [0.29, 0.717) is 12.2 Å². The summed E-state index contributed by atoms with van der Waals surface area (Å²) < 4.78 is 4.54. The average molecular weight is 186 g/mol. The second kappa shape index (κ2) is 3.64. The van der Waals surface area contributed by atoms with E-state index in [0.717, 1.165) is 9.88 Å². The quantitative estimate of drug-likeness (QED) is 0.690. The van der Waals surface area contributed by atoms with Crippen molar-refractivity contribution >= 4 is 17.3 Å². The third-order valence-electron chi connectivity index (χ3n) is 1.39. The summed E-state index contributed by atoms with van der Waals surface area (Å²) in [5.74, 6) is -0.400. The topological polar surface area (TPSA) is 65.2 Å². The summed E-state index contributed by atoms with van der Waals surface area (Å²) in [6, 6.07) is 0. The number of aryl methyl sites for hydroxylation is 1. The molecule has 0 saturated carbocycles. The van der Waals surface area contributed by atoms with Gasteiger partial charge in [-0.3, -0.25) is 0 Å². The van der Waals surface area contributed by atoms with Crippen LogP contribution in [-0.4, -0.2) is 18.1 Å². The van der Waals surface area contributed by atoms with Crippen molar-refractivity contribution in [2.24, 2.45) is 5.73 Å². The second-order valence-electron chi connectivity index (χ2n) is 2.21. The van der Waals surface area contributed by atoms with E-state index in [-0.39, 0.29) is 0 Å². The van der Waals surface area contributed by atoms with Crippen LogP contribution >= 0.6 is 11.3 Å². The summed E-state index contributed by atoms with van der Waals surface area (Å²) in [6.07, 6.45) is 0. The van der Waals surface area contributed by atoms with E-state index in [4.69, 9.17) is 5.73 Å². The van der Waals surface area contributed by atoms with Gasteiger partial charge in [-0.25, -0.2) is 9.78 Å². The van der Waals surface area contributed by atoms with Crippen LogP contribution in [0.25, 0.3) is 0 Å². The zero-order chi connectivity index (χ0) is 9.14. The Morgan fingerprint density at radius 1 is 1.75 bits per heavy atom. The molecule has 0 bridgehead atoms. The second-order valence-corrected chi connectivity index (χ2v) is 3.50. The molecule has 1 aromatic rings. The number of methoxy groups -OCH3 is 1. The monoisotopic (exact) mass is 186 g/mol. The van der Waals surface area contributed by atoms with Gasteiger partial charge in [0.15, 0.2) is 5.69 Å². The smallest absolute Gasteiger partial charge is 0.357 e. The molecule has 4 nitrogen and oxygen atoms in total. The lowest BCUT2D eigenvalue weighted by Crippen LogP contribution is -2.04. The maximum atomic E-state index is 11.0. The number of carbonyl (C=O) groups excluding carboxylic acids is 1. The Morgan fingerprint density at radius 3 is 2.83 bits per heavy atom. The van der Waals surface area contributed by atoms with Gasteiger partial charge < -0.3 is 10.5 Å². The van der Waals surface area contributed by atoms with E-state index in [1.54, 1.807) is 0 Å². The van der Waals surface area contributed by atoms with Crippen molar-refractivity contribution in [2.75, 3.05) is 7.11 Å². The van der Waals surface area contributed by atoms with Gasteiger partial charge in [0, 0.05) is 11.4 Å². The molecule has 0 amide bonds. The van der Waals surface area contributed by atoms with Crippen LogP contribution in [-0.2, 0) is 11.3 Å². The van der Waals surface area contributed by atoms with Crippen LogP contribution in [0.5, 0.6) is 0 Å². The van der Waals surface area contributed by atoms with Gasteiger partial charge in [-0.2, -0.15) is 0 Å². The van der Waals surface area contributed by atoms with Crippen molar-refractivity contribution in [1.82, 2.24) is 4.98 Å². The van der Waals surface area contributed by atoms with Gasteiger partial charge in [0.2, 0.25) is 0 Å². The summed E-state index contributed by atoms with van der Waals surface area (Å²) in [4.78, 5) is 15.9. The number of rotatable bonds is 2.